The van der Waals surface area contributed by atoms with Crippen LogP contribution in [0, 0.1) is 17.2 Å². The number of nitriles is 1. The molecule has 0 bridgehead atoms. The number of primary amides is 1. The van der Waals surface area contributed by atoms with Crippen molar-refractivity contribution in [3.63, 3.8) is 0 Å². The molecule has 304 valence electrons. The van der Waals surface area contributed by atoms with E-state index in [2.05, 4.69) is 63.6 Å². The number of rotatable bonds is 9. The summed E-state index contributed by atoms with van der Waals surface area (Å²) in [4.78, 5) is 35.2. The van der Waals surface area contributed by atoms with Crippen molar-refractivity contribution >= 4 is 55.7 Å². The molecule has 0 atom stereocenters. The maximum absolute atomic E-state index is 12.1. The van der Waals surface area contributed by atoms with Gasteiger partial charge in [-0.25, -0.2) is 0 Å². The van der Waals surface area contributed by atoms with Crippen molar-refractivity contribution in [2.75, 3.05) is 18.0 Å². The van der Waals surface area contributed by atoms with E-state index in [1.807, 2.05) is 43.7 Å². The third kappa shape index (κ3) is 9.33. The van der Waals surface area contributed by atoms with Gasteiger partial charge in [0.1, 0.15) is 11.8 Å². The second-order valence-electron chi connectivity index (χ2n) is 15.5. The highest BCUT2D eigenvalue weighted by Crippen LogP contribution is 2.33. The van der Waals surface area contributed by atoms with Crippen molar-refractivity contribution in [1.29, 1.82) is 5.26 Å². The third-order valence-electron chi connectivity index (χ3n) is 11.6. The van der Waals surface area contributed by atoms with Gasteiger partial charge in [-0.05, 0) is 128 Å². The van der Waals surface area contributed by atoms with Crippen molar-refractivity contribution in [2.45, 2.75) is 63.9 Å². The molecule has 5 heterocycles. The Hall–Kier alpha value is -6.16. The Labute approximate surface area is 357 Å². The van der Waals surface area contributed by atoms with Crippen LogP contribution in [0.25, 0.3) is 43.4 Å². The maximum Gasteiger partial charge on any atom is 0.307 e. The van der Waals surface area contributed by atoms with Crippen LogP contribution in [-0.2, 0) is 13.5 Å². The Kier molecular flexibility index (Phi) is 12.5. The summed E-state index contributed by atoms with van der Waals surface area (Å²) in [6.45, 7) is 1.83. The van der Waals surface area contributed by atoms with Crippen molar-refractivity contribution in [1.82, 2.24) is 24.7 Å². The summed E-state index contributed by atoms with van der Waals surface area (Å²) in [5, 5.41) is 19.5. The van der Waals surface area contributed by atoms with E-state index < -0.39 is 5.91 Å². The number of nitrogens with zero attached hydrogens (tertiary/aromatic N) is 7. The number of benzene rings is 3. The van der Waals surface area contributed by atoms with Gasteiger partial charge in [-0.3, -0.25) is 19.6 Å². The molecule has 13 heteroatoms. The summed E-state index contributed by atoms with van der Waals surface area (Å²) < 4.78 is 8.54. The number of amides is 1. The van der Waals surface area contributed by atoms with E-state index in [4.69, 9.17) is 37.3 Å². The Morgan fingerprint density at radius 1 is 0.917 bits per heavy atom. The number of carbonyl (C=O) groups excluding carboxylic acids is 1. The molecular weight excluding hydrogens is 792 g/mol. The van der Waals surface area contributed by atoms with Gasteiger partial charge in [0.25, 0.3) is 5.91 Å². The average Bonchev–Trinajstić information content (AvgIpc) is 3.57. The first kappa shape index (κ1) is 40.6. The zero-order valence-corrected chi connectivity index (χ0v) is 35.0. The lowest BCUT2D eigenvalue weighted by Crippen LogP contribution is -2.34. The Morgan fingerprint density at radius 2 is 1.73 bits per heavy atom. The van der Waals surface area contributed by atoms with Crippen LogP contribution in [0.15, 0.2) is 102 Å². The van der Waals surface area contributed by atoms with Gasteiger partial charge < -0.3 is 19.9 Å². The van der Waals surface area contributed by atoms with Gasteiger partial charge in [-0.15, -0.1) is 10.2 Å². The molecule has 1 aliphatic carbocycles. The fraction of sp³-hybridized carbons (Fsp3) is 0.298. The number of piperidine rings is 1. The lowest BCUT2D eigenvalue weighted by molar-refractivity contribution is 0.0994. The van der Waals surface area contributed by atoms with E-state index in [1.54, 1.807) is 22.8 Å². The summed E-state index contributed by atoms with van der Waals surface area (Å²) in [7, 11) is 1.82. The summed E-state index contributed by atoms with van der Waals surface area (Å²) in [5.41, 5.74) is 12.0. The number of aromatic nitrogens is 5. The van der Waals surface area contributed by atoms with Gasteiger partial charge in [-0.1, -0.05) is 53.6 Å². The van der Waals surface area contributed by atoms with Crippen molar-refractivity contribution < 1.29 is 9.53 Å². The molecule has 3 aromatic carbocycles. The zero-order valence-electron chi connectivity index (χ0n) is 33.4. The van der Waals surface area contributed by atoms with E-state index in [1.165, 1.54) is 30.6 Å². The fourth-order valence-corrected chi connectivity index (χ4v) is 9.14. The largest absolute Gasteiger partial charge is 0.490 e. The summed E-state index contributed by atoms with van der Waals surface area (Å²) in [6.07, 6.45) is 14.4. The second-order valence-corrected chi connectivity index (χ2v) is 16.9. The topological polar surface area (TPSA) is 153 Å². The number of carbonyl (C=O) groups is 1. The number of fused-ring (bicyclic) bond motifs is 2. The second kappa shape index (κ2) is 18.4. The number of ether oxygens (including phenoxy) is 1. The molecule has 60 heavy (non-hydrogen) atoms. The van der Waals surface area contributed by atoms with Crippen molar-refractivity contribution in [3.8, 4) is 34.2 Å². The Balaban J connectivity index is 0.000000261. The third-order valence-corrected chi connectivity index (χ3v) is 12.9. The molecule has 9 rings (SSSR count). The molecule has 1 saturated carbocycles. The first-order valence-corrected chi connectivity index (χ1v) is 21.6. The molecule has 0 radical (unpaired) electrons. The van der Waals surface area contributed by atoms with E-state index in [9.17, 15) is 9.59 Å². The van der Waals surface area contributed by atoms with Crippen LogP contribution < -0.4 is 20.2 Å². The van der Waals surface area contributed by atoms with Gasteiger partial charge in [0.05, 0.1) is 32.6 Å². The highest BCUT2D eigenvalue weighted by Gasteiger charge is 2.21. The van der Waals surface area contributed by atoms with Crippen LogP contribution in [0.3, 0.4) is 0 Å². The molecule has 4 aromatic heterocycles. The van der Waals surface area contributed by atoms with Crippen molar-refractivity contribution in [2.24, 2.45) is 18.7 Å². The van der Waals surface area contributed by atoms with Crippen LogP contribution in [-0.4, -0.2) is 49.8 Å². The van der Waals surface area contributed by atoms with E-state index >= 15 is 0 Å². The number of aryl methyl sites for hydroxylation is 2. The molecule has 1 aliphatic heterocycles. The lowest BCUT2D eigenvalue weighted by Gasteiger charge is -2.32. The molecule has 2 N–H and O–H groups in total. The summed E-state index contributed by atoms with van der Waals surface area (Å²) in [5.74, 6) is 1.63. The molecule has 1 saturated heterocycles. The summed E-state index contributed by atoms with van der Waals surface area (Å²) >= 11 is 7.21. The molecule has 1 amide bonds. The predicted octanol–water partition coefficient (Wildman–Crippen LogP) is 9.54. The number of thiazole rings is 1. The molecule has 2 fully saturated rings. The summed E-state index contributed by atoms with van der Waals surface area (Å²) in [6, 6.07) is 29.6. The van der Waals surface area contributed by atoms with Crippen LogP contribution >= 0.6 is 22.9 Å². The molecule has 0 unspecified atom stereocenters. The first-order valence-electron chi connectivity index (χ1n) is 20.4. The SMILES string of the molecule is Cn1c(=O)sc2ccc(-c3cccc4cc(-c5ccc(CCC6CCN(c7ccc(C(N)=O)nn7)CC6)nc5)ncc34)cc21.N#Cc1ccc(OC2CCCCC2)cc1Cl. The lowest BCUT2D eigenvalue weighted by atomic mass is 9.91. The van der Waals surface area contributed by atoms with Gasteiger partial charge in [-0.2, -0.15) is 5.26 Å². The van der Waals surface area contributed by atoms with E-state index in [0.717, 1.165) is 112 Å². The van der Waals surface area contributed by atoms with E-state index in [0.29, 0.717) is 22.6 Å². The average molecular weight is 837 g/mol. The minimum absolute atomic E-state index is 0.0456. The molecule has 2 aliphatic rings. The molecule has 7 aromatic rings. The van der Waals surface area contributed by atoms with Crippen molar-refractivity contribution in [3.05, 3.63) is 129 Å². The highest BCUT2D eigenvalue weighted by molar-refractivity contribution is 7.16. The number of halogens is 1. The number of nitrogens with two attached hydrogens (primary N) is 1. The number of anilines is 1. The Bertz CT molecular complexity index is 2730. The standard InChI is InChI=1S/C34H31N7O2S.C13H14ClNO/c1-40-30-18-23(7-11-31(30)44-34(40)43)26-4-2-3-22-17-29(37-20-27(22)26)24-6-9-25(36-19-24)8-5-21-13-15-41(16-14-21)32-12-10-28(33(35)42)38-39-32;14-13-8-12(7-6-10(13)9-15)16-11-4-2-1-3-5-11/h2-4,6-7,9-12,17-21H,5,8,13-16H2,1H3,(H2,35,42);6-8,11H,1-5H2. The maximum atomic E-state index is 12.1. The fourth-order valence-electron chi connectivity index (χ4n) is 8.06. The Morgan fingerprint density at radius 3 is 2.45 bits per heavy atom. The van der Waals surface area contributed by atoms with Crippen LogP contribution in [0.5, 0.6) is 5.75 Å². The van der Waals surface area contributed by atoms with Gasteiger partial charge in [0, 0.05) is 55.2 Å². The number of pyridine rings is 2. The molecule has 0 spiro atoms. The first-order chi connectivity index (χ1) is 29.2. The molecule has 11 nitrogen and oxygen atoms in total. The smallest absolute Gasteiger partial charge is 0.307 e. The van der Waals surface area contributed by atoms with Crippen LogP contribution in [0.4, 0.5) is 5.82 Å². The predicted molar refractivity (Wildman–Crippen MR) is 239 cm³/mol. The van der Waals surface area contributed by atoms with Gasteiger partial charge >= 0.3 is 4.87 Å². The number of hydrogen-bond acceptors (Lipinski definition) is 10. The zero-order chi connectivity index (χ0) is 41.6. The van der Waals surface area contributed by atoms with E-state index in [-0.39, 0.29) is 10.6 Å². The molecular formula is C47H45ClN8O3S. The monoisotopic (exact) mass is 836 g/mol. The van der Waals surface area contributed by atoms with Crippen LogP contribution in [0.1, 0.15) is 73.1 Å². The minimum atomic E-state index is -0.563. The van der Waals surface area contributed by atoms with Gasteiger partial charge in [0.15, 0.2) is 11.5 Å². The highest BCUT2D eigenvalue weighted by atomic mass is 35.5. The van der Waals surface area contributed by atoms with Crippen LogP contribution in [0.2, 0.25) is 5.02 Å². The number of hydrogen-bond donors (Lipinski definition) is 1. The minimum Gasteiger partial charge on any atom is -0.490 e. The quantitative estimate of drug-likeness (QED) is 0.150. The normalized spacial score (nSPS) is 14.7. The van der Waals surface area contributed by atoms with Gasteiger partial charge in [0.2, 0.25) is 0 Å².